The van der Waals surface area contributed by atoms with Crippen LogP contribution in [0.2, 0.25) is 0 Å². The zero-order valence-corrected chi connectivity index (χ0v) is 16.5. The number of nitrogens with zero attached hydrogens (tertiary/aromatic N) is 1. The Bertz CT molecular complexity index is 948. The second-order valence-electron chi connectivity index (χ2n) is 6.68. The van der Waals surface area contributed by atoms with Crippen LogP contribution >= 0.6 is 11.3 Å². The number of nitrogens with one attached hydrogen (secondary N) is 1. The van der Waals surface area contributed by atoms with E-state index in [0.29, 0.717) is 4.88 Å². The lowest BCUT2D eigenvalue weighted by Crippen LogP contribution is -2.49. The summed E-state index contributed by atoms with van der Waals surface area (Å²) >= 11 is 1.16. The predicted octanol–water partition coefficient (Wildman–Crippen LogP) is 1.87. The summed E-state index contributed by atoms with van der Waals surface area (Å²) < 4.78 is 5.01. The quantitative estimate of drug-likeness (QED) is 0.571. The lowest BCUT2D eigenvalue weighted by Gasteiger charge is -2.27. The van der Waals surface area contributed by atoms with E-state index in [1.807, 2.05) is 0 Å². The molecule has 2 aromatic rings. The van der Waals surface area contributed by atoms with Crippen molar-refractivity contribution < 1.29 is 28.7 Å². The molecule has 1 aromatic heterocycles. The Hall–Kier alpha value is -3.33. The monoisotopic (exact) mass is 414 g/mol. The molecule has 0 spiro atoms. The maximum atomic E-state index is 12.6. The van der Waals surface area contributed by atoms with Crippen LogP contribution in [-0.4, -0.2) is 47.1 Å². The Morgan fingerprint density at radius 2 is 1.66 bits per heavy atom. The zero-order valence-electron chi connectivity index (χ0n) is 15.7. The highest BCUT2D eigenvalue weighted by Gasteiger charge is 2.44. The molecule has 9 heteroatoms. The van der Waals surface area contributed by atoms with Gasteiger partial charge in [0.15, 0.2) is 6.61 Å². The Balaban J connectivity index is 1.66. The maximum absolute atomic E-state index is 12.6. The molecule has 1 aliphatic heterocycles. The number of amides is 4. The molecule has 0 fully saturated rings. The molecular formula is C20H18N2O6S. The van der Waals surface area contributed by atoms with E-state index in [-0.39, 0.29) is 11.1 Å². The molecule has 1 aliphatic rings. The largest absolute Gasteiger partial charge is 0.454 e. The van der Waals surface area contributed by atoms with Crippen molar-refractivity contribution in [2.24, 2.45) is 5.92 Å². The van der Waals surface area contributed by atoms with Crippen LogP contribution in [0.4, 0.5) is 0 Å². The summed E-state index contributed by atoms with van der Waals surface area (Å²) in [6.45, 7) is 2.62. The summed E-state index contributed by atoms with van der Waals surface area (Å²) in [7, 11) is 0. The number of benzene rings is 1. The second-order valence-corrected chi connectivity index (χ2v) is 7.62. The highest BCUT2D eigenvalue weighted by Crippen LogP contribution is 2.27. The number of hydrogen-bond acceptors (Lipinski definition) is 7. The summed E-state index contributed by atoms with van der Waals surface area (Å²) in [6, 6.07) is 8.32. The Kier molecular flexibility index (Phi) is 5.88. The first-order valence-corrected chi connectivity index (χ1v) is 9.70. The molecule has 0 aliphatic carbocycles. The molecule has 1 aromatic carbocycles. The molecule has 0 radical (unpaired) electrons. The summed E-state index contributed by atoms with van der Waals surface area (Å²) in [5.74, 6) is -3.91. The van der Waals surface area contributed by atoms with Crippen molar-refractivity contribution in [1.82, 2.24) is 10.2 Å². The van der Waals surface area contributed by atoms with Crippen molar-refractivity contribution in [3.8, 4) is 0 Å². The summed E-state index contributed by atoms with van der Waals surface area (Å²) in [5, 5.41) is 3.80. The number of imide groups is 2. The van der Waals surface area contributed by atoms with Crippen LogP contribution in [0, 0.1) is 5.92 Å². The smallest absolute Gasteiger partial charge is 0.330 e. The van der Waals surface area contributed by atoms with Crippen LogP contribution in [0.3, 0.4) is 0 Å². The first-order chi connectivity index (χ1) is 13.8. The molecule has 3 rings (SSSR count). The van der Waals surface area contributed by atoms with Gasteiger partial charge in [-0.1, -0.05) is 32.0 Å². The average Bonchev–Trinajstić information content (AvgIpc) is 3.30. The number of carbonyl (C=O) groups excluding carboxylic acids is 5. The van der Waals surface area contributed by atoms with Gasteiger partial charge in [-0.15, -0.1) is 11.3 Å². The minimum Gasteiger partial charge on any atom is -0.454 e. The van der Waals surface area contributed by atoms with E-state index in [1.54, 1.807) is 43.5 Å². The lowest BCUT2D eigenvalue weighted by atomic mass is 10.0. The summed E-state index contributed by atoms with van der Waals surface area (Å²) in [6.07, 6.45) is 0. The van der Waals surface area contributed by atoms with Crippen LogP contribution in [0.5, 0.6) is 0 Å². The number of carbonyl (C=O) groups is 5. The zero-order chi connectivity index (χ0) is 21.1. The van der Waals surface area contributed by atoms with Gasteiger partial charge in [0.05, 0.1) is 16.0 Å². The van der Waals surface area contributed by atoms with Gasteiger partial charge in [0.1, 0.15) is 6.04 Å². The standard InChI is InChI=1S/C20H18N2O6S/c1-11(2)16(22-18(25)12-6-3-4-7-13(12)19(22)26)20(27)28-10-15(23)21-17(24)14-8-5-9-29-14/h3-9,11,16H,10H2,1-2H3,(H,21,23,24)/t16-/m0/s1. The molecule has 1 atom stereocenters. The minimum absolute atomic E-state index is 0.218. The summed E-state index contributed by atoms with van der Waals surface area (Å²) in [5.41, 5.74) is 0.436. The van der Waals surface area contributed by atoms with Crippen LogP contribution in [0.25, 0.3) is 0 Å². The fourth-order valence-corrected chi connectivity index (χ4v) is 3.61. The molecule has 29 heavy (non-hydrogen) atoms. The van der Waals surface area contributed by atoms with Crippen LogP contribution in [-0.2, 0) is 14.3 Å². The number of thiophene rings is 1. The topological polar surface area (TPSA) is 110 Å². The lowest BCUT2D eigenvalue weighted by molar-refractivity contribution is -0.153. The van der Waals surface area contributed by atoms with Crippen molar-refractivity contribution >= 4 is 40.9 Å². The maximum Gasteiger partial charge on any atom is 0.330 e. The van der Waals surface area contributed by atoms with Crippen LogP contribution < -0.4 is 5.32 Å². The number of fused-ring (bicyclic) bond motifs is 1. The minimum atomic E-state index is -1.19. The molecule has 2 heterocycles. The molecule has 0 unspecified atom stereocenters. The predicted molar refractivity (Wildman–Crippen MR) is 103 cm³/mol. The molecule has 0 saturated carbocycles. The normalized spacial score (nSPS) is 14.0. The van der Waals surface area contributed by atoms with Gasteiger partial charge >= 0.3 is 5.97 Å². The third kappa shape index (κ3) is 4.09. The fraction of sp³-hybridized carbons (Fsp3) is 0.250. The average molecular weight is 414 g/mol. The van der Waals surface area contributed by atoms with Gasteiger partial charge in [-0.3, -0.25) is 29.4 Å². The number of hydrogen-bond donors (Lipinski definition) is 1. The molecule has 8 nitrogen and oxygen atoms in total. The fourth-order valence-electron chi connectivity index (χ4n) is 2.99. The van der Waals surface area contributed by atoms with Gasteiger partial charge in [-0.05, 0) is 29.5 Å². The Morgan fingerprint density at radius 1 is 1.03 bits per heavy atom. The van der Waals surface area contributed by atoms with Crippen molar-refractivity contribution in [2.75, 3.05) is 6.61 Å². The van der Waals surface area contributed by atoms with Crippen molar-refractivity contribution in [1.29, 1.82) is 0 Å². The molecule has 0 saturated heterocycles. The third-order valence-corrected chi connectivity index (χ3v) is 5.19. The van der Waals surface area contributed by atoms with E-state index in [1.165, 1.54) is 12.1 Å². The van der Waals surface area contributed by atoms with Crippen molar-refractivity contribution in [3.63, 3.8) is 0 Å². The highest BCUT2D eigenvalue weighted by atomic mass is 32.1. The van der Waals surface area contributed by atoms with Crippen LogP contribution in [0.1, 0.15) is 44.2 Å². The summed E-state index contributed by atoms with van der Waals surface area (Å²) in [4.78, 5) is 62.9. The van der Waals surface area contributed by atoms with E-state index in [2.05, 4.69) is 5.32 Å². The van der Waals surface area contributed by atoms with E-state index in [9.17, 15) is 24.0 Å². The van der Waals surface area contributed by atoms with Crippen LogP contribution in [0.15, 0.2) is 41.8 Å². The van der Waals surface area contributed by atoms with Gasteiger partial charge in [0.25, 0.3) is 23.6 Å². The van der Waals surface area contributed by atoms with Gasteiger partial charge in [-0.2, -0.15) is 0 Å². The molecule has 4 amide bonds. The van der Waals surface area contributed by atoms with E-state index >= 15 is 0 Å². The molecule has 150 valence electrons. The highest BCUT2D eigenvalue weighted by molar-refractivity contribution is 7.12. The van der Waals surface area contributed by atoms with Gasteiger partial charge in [0.2, 0.25) is 0 Å². The Morgan fingerprint density at radius 3 is 2.17 bits per heavy atom. The van der Waals surface area contributed by atoms with Gasteiger partial charge in [0, 0.05) is 0 Å². The molecular weight excluding hydrogens is 396 g/mol. The van der Waals surface area contributed by atoms with Crippen molar-refractivity contribution in [2.45, 2.75) is 19.9 Å². The Labute approximate surface area is 170 Å². The SMILES string of the molecule is CC(C)[C@@H](C(=O)OCC(=O)NC(=O)c1cccs1)N1C(=O)c2ccccc2C1=O. The second kappa shape index (κ2) is 8.36. The van der Waals surface area contributed by atoms with Gasteiger partial charge in [-0.25, -0.2) is 4.79 Å². The van der Waals surface area contributed by atoms with E-state index in [4.69, 9.17) is 4.74 Å². The number of rotatable bonds is 6. The molecule has 0 bridgehead atoms. The first kappa shape index (κ1) is 20.4. The molecule has 1 N–H and O–H groups in total. The van der Waals surface area contributed by atoms with E-state index in [0.717, 1.165) is 16.2 Å². The van der Waals surface area contributed by atoms with Crippen molar-refractivity contribution in [3.05, 3.63) is 57.8 Å². The number of esters is 1. The number of ether oxygens (including phenoxy) is 1. The first-order valence-electron chi connectivity index (χ1n) is 8.82. The van der Waals surface area contributed by atoms with Gasteiger partial charge < -0.3 is 4.74 Å². The van der Waals surface area contributed by atoms with E-state index < -0.39 is 48.2 Å². The third-order valence-electron chi connectivity index (χ3n) is 4.32.